The van der Waals surface area contributed by atoms with Gasteiger partial charge in [0.25, 0.3) is 5.56 Å². The molecule has 0 spiro atoms. The highest BCUT2D eigenvalue weighted by Gasteiger charge is 2.31. The maximum absolute atomic E-state index is 13.1. The molecule has 0 saturated carbocycles. The Balaban J connectivity index is 1.61. The van der Waals surface area contributed by atoms with Gasteiger partial charge in [-0.25, -0.2) is 17.5 Å². The van der Waals surface area contributed by atoms with E-state index in [1.54, 1.807) is 0 Å². The Bertz CT molecular complexity index is 1120. The largest absolute Gasteiger partial charge is 0.298 e. The molecule has 27 heavy (non-hydrogen) atoms. The van der Waals surface area contributed by atoms with Crippen LogP contribution in [0, 0.1) is 5.82 Å². The lowest BCUT2D eigenvalue weighted by Crippen LogP contribution is -2.37. The molecular formula is C19H18FN3O3S. The standard InChI is InChI=1S/C19H18FN3O3S/c20-15-6-8-16(9-7-15)27(25,26)22-11-10-17-18(13-22)21-23(19(17)24)12-14-4-2-1-3-5-14/h1-9,21H,10-13H2. The van der Waals surface area contributed by atoms with Gasteiger partial charge in [0.15, 0.2) is 0 Å². The van der Waals surface area contributed by atoms with E-state index in [0.29, 0.717) is 24.2 Å². The zero-order valence-corrected chi connectivity index (χ0v) is 15.2. The quantitative estimate of drug-likeness (QED) is 0.745. The molecule has 8 heteroatoms. The average Bonchev–Trinajstić information content (AvgIpc) is 2.98. The molecule has 1 aliphatic heterocycles. The molecule has 1 N–H and O–H groups in total. The predicted molar refractivity (Wildman–Crippen MR) is 98.3 cm³/mol. The number of benzene rings is 2. The number of fused-ring (bicyclic) bond motifs is 1. The van der Waals surface area contributed by atoms with Crippen LogP contribution in [0.4, 0.5) is 4.39 Å². The smallest absolute Gasteiger partial charge is 0.270 e. The van der Waals surface area contributed by atoms with Crippen LogP contribution in [-0.2, 0) is 29.5 Å². The van der Waals surface area contributed by atoms with E-state index in [2.05, 4.69) is 5.10 Å². The topological polar surface area (TPSA) is 75.2 Å². The molecule has 0 bridgehead atoms. The molecule has 0 aliphatic carbocycles. The summed E-state index contributed by atoms with van der Waals surface area (Å²) in [6.07, 6.45) is 0.340. The van der Waals surface area contributed by atoms with Gasteiger partial charge in [-0.3, -0.25) is 9.89 Å². The van der Waals surface area contributed by atoms with E-state index >= 15 is 0 Å². The van der Waals surface area contributed by atoms with Crippen LogP contribution < -0.4 is 5.56 Å². The second-order valence-corrected chi connectivity index (χ2v) is 8.43. The normalized spacial score (nSPS) is 14.9. The zero-order valence-electron chi connectivity index (χ0n) is 14.4. The molecule has 140 valence electrons. The minimum atomic E-state index is -3.75. The van der Waals surface area contributed by atoms with Crippen LogP contribution in [0.15, 0.2) is 64.3 Å². The summed E-state index contributed by atoms with van der Waals surface area (Å²) < 4.78 is 41.5. The van der Waals surface area contributed by atoms with Crippen molar-refractivity contribution in [3.05, 3.63) is 87.6 Å². The Morgan fingerprint density at radius 3 is 2.44 bits per heavy atom. The highest BCUT2D eigenvalue weighted by molar-refractivity contribution is 7.89. The van der Waals surface area contributed by atoms with Gasteiger partial charge in [-0.15, -0.1) is 0 Å². The number of H-pyrrole nitrogens is 1. The van der Waals surface area contributed by atoms with E-state index in [0.717, 1.165) is 17.7 Å². The molecule has 2 heterocycles. The van der Waals surface area contributed by atoms with E-state index in [-0.39, 0.29) is 23.5 Å². The van der Waals surface area contributed by atoms with Crippen molar-refractivity contribution in [1.82, 2.24) is 14.1 Å². The first-order chi connectivity index (χ1) is 12.9. The predicted octanol–water partition coefficient (Wildman–Crippen LogP) is 2.11. The van der Waals surface area contributed by atoms with Gasteiger partial charge >= 0.3 is 0 Å². The van der Waals surface area contributed by atoms with Crippen LogP contribution >= 0.6 is 0 Å². The summed E-state index contributed by atoms with van der Waals surface area (Å²) in [4.78, 5) is 12.6. The lowest BCUT2D eigenvalue weighted by atomic mass is 10.1. The van der Waals surface area contributed by atoms with E-state index in [1.165, 1.54) is 21.1 Å². The summed E-state index contributed by atoms with van der Waals surface area (Å²) in [7, 11) is -3.75. The number of nitrogens with zero attached hydrogens (tertiary/aromatic N) is 2. The van der Waals surface area contributed by atoms with Crippen LogP contribution in [0.5, 0.6) is 0 Å². The Morgan fingerprint density at radius 1 is 1.04 bits per heavy atom. The fraction of sp³-hybridized carbons (Fsp3) is 0.211. The molecule has 6 nitrogen and oxygen atoms in total. The molecule has 0 radical (unpaired) electrons. The van der Waals surface area contributed by atoms with Crippen molar-refractivity contribution in [2.45, 2.75) is 24.4 Å². The third kappa shape index (κ3) is 3.33. The first-order valence-corrected chi connectivity index (χ1v) is 9.99. The SMILES string of the molecule is O=c1c2c([nH]n1Cc1ccccc1)CN(S(=O)(=O)c1ccc(F)cc1)CC2. The minimum absolute atomic E-state index is 0.0402. The lowest BCUT2D eigenvalue weighted by molar-refractivity contribution is 0.386. The third-order valence-corrected chi connectivity index (χ3v) is 6.58. The fourth-order valence-corrected chi connectivity index (χ4v) is 4.70. The van der Waals surface area contributed by atoms with Crippen molar-refractivity contribution in [3.8, 4) is 0 Å². The Hall–Kier alpha value is -2.71. The summed E-state index contributed by atoms with van der Waals surface area (Å²) in [6, 6.07) is 14.3. The molecule has 2 aromatic carbocycles. The molecule has 1 aromatic heterocycles. The number of sulfonamides is 1. The number of nitrogens with one attached hydrogen (secondary N) is 1. The average molecular weight is 387 g/mol. The highest BCUT2D eigenvalue weighted by Crippen LogP contribution is 2.23. The van der Waals surface area contributed by atoms with Crippen molar-refractivity contribution >= 4 is 10.0 Å². The number of halogens is 1. The van der Waals surface area contributed by atoms with Crippen molar-refractivity contribution in [2.75, 3.05) is 6.54 Å². The van der Waals surface area contributed by atoms with Gasteiger partial charge in [0.05, 0.1) is 23.7 Å². The van der Waals surface area contributed by atoms with Crippen LogP contribution in [-0.4, -0.2) is 29.0 Å². The van der Waals surface area contributed by atoms with Gasteiger partial charge in [0.2, 0.25) is 10.0 Å². The van der Waals surface area contributed by atoms with E-state index in [1.807, 2.05) is 30.3 Å². The Labute approximate surface area is 155 Å². The van der Waals surface area contributed by atoms with Crippen LogP contribution in [0.1, 0.15) is 16.8 Å². The number of hydrogen-bond acceptors (Lipinski definition) is 3. The monoisotopic (exact) mass is 387 g/mol. The molecular weight excluding hydrogens is 369 g/mol. The molecule has 4 rings (SSSR count). The van der Waals surface area contributed by atoms with Gasteiger partial charge in [-0.05, 0) is 36.2 Å². The van der Waals surface area contributed by atoms with Gasteiger partial charge in [-0.2, -0.15) is 4.31 Å². The summed E-state index contributed by atoms with van der Waals surface area (Å²) in [5.74, 6) is -0.489. The van der Waals surface area contributed by atoms with Gasteiger partial charge < -0.3 is 0 Å². The second kappa shape index (κ2) is 6.79. The van der Waals surface area contributed by atoms with Crippen molar-refractivity contribution < 1.29 is 12.8 Å². The number of aromatic nitrogens is 2. The van der Waals surface area contributed by atoms with Gasteiger partial charge in [0.1, 0.15) is 5.82 Å². The molecule has 1 aliphatic rings. The molecule has 0 unspecified atom stereocenters. The van der Waals surface area contributed by atoms with Crippen molar-refractivity contribution in [3.63, 3.8) is 0 Å². The summed E-state index contributed by atoms with van der Waals surface area (Å²) in [5.41, 5.74) is 2.09. The zero-order chi connectivity index (χ0) is 19.0. The number of aromatic amines is 1. The first kappa shape index (κ1) is 17.7. The molecule has 0 atom stereocenters. The second-order valence-electron chi connectivity index (χ2n) is 6.49. The number of rotatable bonds is 4. The van der Waals surface area contributed by atoms with Crippen LogP contribution in [0.25, 0.3) is 0 Å². The van der Waals surface area contributed by atoms with Gasteiger partial charge in [0, 0.05) is 12.1 Å². The third-order valence-electron chi connectivity index (χ3n) is 4.72. The molecule has 0 saturated heterocycles. The van der Waals surface area contributed by atoms with E-state index < -0.39 is 15.8 Å². The van der Waals surface area contributed by atoms with Crippen molar-refractivity contribution in [2.24, 2.45) is 0 Å². The summed E-state index contributed by atoms with van der Waals surface area (Å²) in [6.45, 7) is 0.703. The minimum Gasteiger partial charge on any atom is -0.298 e. The molecule has 3 aromatic rings. The maximum Gasteiger partial charge on any atom is 0.270 e. The lowest BCUT2D eigenvalue weighted by Gasteiger charge is -2.25. The number of hydrogen-bond donors (Lipinski definition) is 1. The fourth-order valence-electron chi connectivity index (χ4n) is 3.29. The molecule has 0 fully saturated rings. The summed E-state index contributed by atoms with van der Waals surface area (Å²) in [5, 5.41) is 3.05. The summed E-state index contributed by atoms with van der Waals surface area (Å²) >= 11 is 0. The van der Waals surface area contributed by atoms with Crippen LogP contribution in [0.2, 0.25) is 0 Å². The van der Waals surface area contributed by atoms with Crippen molar-refractivity contribution in [1.29, 1.82) is 0 Å². The van der Waals surface area contributed by atoms with E-state index in [4.69, 9.17) is 0 Å². The van der Waals surface area contributed by atoms with Gasteiger partial charge in [-0.1, -0.05) is 30.3 Å². The highest BCUT2D eigenvalue weighted by atomic mass is 32.2. The Morgan fingerprint density at radius 2 is 1.74 bits per heavy atom. The maximum atomic E-state index is 13.1. The Kier molecular flexibility index (Phi) is 4.45. The molecule has 0 amide bonds. The first-order valence-electron chi connectivity index (χ1n) is 8.55. The van der Waals surface area contributed by atoms with E-state index in [9.17, 15) is 17.6 Å². The van der Waals surface area contributed by atoms with Crippen LogP contribution in [0.3, 0.4) is 0 Å².